The van der Waals surface area contributed by atoms with Gasteiger partial charge in [0.05, 0.1) is 0 Å². The third-order valence-corrected chi connectivity index (χ3v) is 1.84. The molecule has 2 nitrogen and oxygen atoms in total. The number of aldehydes is 1. The first kappa shape index (κ1) is 12.3. The molecule has 0 aliphatic carbocycles. The van der Waals surface area contributed by atoms with Crippen molar-refractivity contribution in [3.63, 3.8) is 0 Å². The zero-order valence-electron chi connectivity index (χ0n) is 8.80. The summed E-state index contributed by atoms with van der Waals surface area (Å²) in [4.78, 5) is 12.3. The zero-order chi connectivity index (χ0) is 12.3. The summed E-state index contributed by atoms with van der Waals surface area (Å²) < 4.78 is 38.5. The Morgan fingerprint density at radius 3 is 2.06 bits per heavy atom. The van der Waals surface area contributed by atoms with Crippen LogP contribution in [-0.2, 0) is 4.79 Å². The van der Waals surface area contributed by atoms with E-state index in [1.807, 2.05) is 0 Å². The van der Waals surface area contributed by atoms with E-state index in [9.17, 15) is 18.0 Å². The maximum atomic E-state index is 12.9. The second-order valence-electron chi connectivity index (χ2n) is 3.42. The van der Waals surface area contributed by atoms with Gasteiger partial charge in [-0.3, -0.25) is 4.79 Å². The molecule has 0 aliphatic heterocycles. The standard InChI is InChI=1S/C11H10F3NO/c1-15(2)5-8(6-16)7-3-9(12)11(14)10(13)4-7/h3-6H,1-2H3. The molecule has 0 unspecified atom stereocenters. The van der Waals surface area contributed by atoms with Crippen molar-refractivity contribution in [2.75, 3.05) is 14.1 Å². The minimum atomic E-state index is -1.54. The van der Waals surface area contributed by atoms with Crippen LogP contribution in [0.5, 0.6) is 0 Å². The Hall–Kier alpha value is -1.78. The fourth-order valence-electron chi connectivity index (χ4n) is 1.17. The van der Waals surface area contributed by atoms with Crippen LogP contribution in [0, 0.1) is 17.5 Å². The zero-order valence-corrected chi connectivity index (χ0v) is 8.80. The fourth-order valence-corrected chi connectivity index (χ4v) is 1.17. The van der Waals surface area contributed by atoms with Gasteiger partial charge in [-0.05, 0) is 17.7 Å². The summed E-state index contributed by atoms with van der Waals surface area (Å²) in [5, 5.41) is 0. The molecule has 0 N–H and O–H groups in total. The van der Waals surface area contributed by atoms with Gasteiger partial charge in [-0.15, -0.1) is 0 Å². The van der Waals surface area contributed by atoms with Crippen molar-refractivity contribution in [3.05, 3.63) is 41.3 Å². The highest BCUT2D eigenvalue weighted by molar-refractivity contribution is 6.06. The van der Waals surface area contributed by atoms with Crippen LogP contribution in [0.4, 0.5) is 13.2 Å². The molecule has 0 radical (unpaired) electrons. The molecular weight excluding hydrogens is 219 g/mol. The van der Waals surface area contributed by atoms with Gasteiger partial charge in [0, 0.05) is 25.9 Å². The summed E-state index contributed by atoms with van der Waals surface area (Å²) in [7, 11) is 3.31. The number of nitrogens with zero attached hydrogens (tertiary/aromatic N) is 1. The normalized spacial score (nSPS) is 11.4. The predicted molar refractivity (Wildman–Crippen MR) is 54.0 cm³/mol. The SMILES string of the molecule is CN(C)C=C(C=O)c1cc(F)c(F)c(F)c1. The third kappa shape index (κ3) is 2.62. The van der Waals surface area contributed by atoms with Crippen molar-refractivity contribution in [3.8, 4) is 0 Å². The summed E-state index contributed by atoms with van der Waals surface area (Å²) in [6, 6.07) is 1.56. The van der Waals surface area contributed by atoms with Gasteiger partial charge in [-0.25, -0.2) is 13.2 Å². The van der Waals surface area contributed by atoms with Crippen molar-refractivity contribution < 1.29 is 18.0 Å². The maximum absolute atomic E-state index is 12.9. The highest BCUT2D eigenvalue weighted by atomic mass is 19.2. The average Bonchev–Trinajstić information content (AvgIpc) is 2.21. The van der Waals surface area contributed by atoms with Crippen LogP contribution in [0.1, 0.15) is 5.56 Å². The van der Waals surface area contributed by atoms with E-state index in [4.69, 9.17) is 0 Å². The molecule has 0 saturated heterocycles. The number of carbonyl (C=O) groups is 1. The lowest BCUT2D eigenvalue weighted by atomic mass is 10.1. The van der Waals surface area contributed by atoms with Crippen LogP contribution in [0.15, 0.2) is 18.3 Å². The topological polar surface area (TPSA) is 20.3 Å². The quantitative estimate of drug-likeness (QED) is 0.450. The van der Waals surface area contributed by atoms with Gasteiger partial charge in [-0.2, -0.15) is 0 Å². The Morgan fingerprint density at radius 2 is 1.69 bits per heavy atom. The van der Waals surface area contributed by atoms with E-state index in [0.717, 1.165) is 12.1 Å². The van der Waals surface area contributed by atoms with E-state index in [2.05, 4.69) is 0 Å². The number of rotatable bonds is 3. The molecule has 0 spiro atoms. The van der Waals surface area contributed by atoms with Crippen molar-refractivity contribution in [2.24, 2.45) is 0 Å². The first-order valence-corrected chi connectivity index (χ1v) is 4.44. The second-order valence-corrected chi connectivity index (χ2v) is 3.42. The van der Waals surface area contributed by atoms with Gasteiger partial charge in [0.2, 0.25) is 0 Å². The van der Waals surface area contributed by atoms with Crippen LogP contribution < -0.4 is 0 Å². The van der Waals surface area contributed by atoms with Gasteiger partial charge < -0.3 is 4.90 Å². The number of hydrogen-bond donors (Lipinski definition) is 0. The monoisotopic (exact) mass is 229 g/mol. The summed E-state index contributed by atoms with van der Waals surface area (Å²) in [5.41, 5.74) is 0.0721. The molecule has 1 aromatic carbocycles. The molecule has 0 heterocycles. The molecule has 0 bridgehead atoms. The predicted octanol–water partition coefficient (Wildman–Crippen LogP) is 2.21. The van der Waals surface area contributed by atoms with Crippen molar-refractivity contribution in [1.82, 2.24) is 4.90 Å². The first-order chi connectivity index (χ1) is 7.45. The molecule has 16 heavy (non-hydrogen) atoms. The van der Waals surface area contributed by atoms with Gasteiger partial charge in [0.1, 0.15) is 0 Å². The highest BCUT2D eigenvalue weighted by Crippen LogP contribution is 2.19. The van der Waals surface area contributed by atoms with Crippen molar-refractivity contribution >= 4 is 11.9 Å². The van der Waals surface area contributed by atoms with E-state index in [-0.39, 0.29) is 11.1 Å². The number of halogens is 3. The van der Waals surface area contributed by atoms with Crippen LogP contribution in [-0.4, -0.2) is 25.3 Å². The molecule has 0 amide bonds. The summed E-state index contributed by atoms with van der Waals surface area (Å²) in [6.07, 6.45) is 1.84. The Balaban J connectivity index is 3.27. The molecule has 0 fully saturated rings. The second kappa shape index (κ2) is 4.83. The Kier molecular flexibility index (Phi) is 3.71. The Labute approximate surface area is 91.0 Å². The molecule has 86 valence electrons. The first-order valence-electron chi connectivity index (χ1n) is 4.44. The van der Waals surface area contributed by atoms with Crippen LogP contribution >= 0.6 is 0 Å². The molecule has 0 saturated carbocycles. The molecule has 0 aromatic heterocycles. The van der Waals surface area contributed by atoms with Gasteiger partial charge in [-0.1, -0.05) is 0 Å². The molecule has 1 aromatic rings. The third-order valence-electron chi connectivity index (χ3n) is 1.84. The average molecular weight is 229 g/mol. The number of benzene rings is 1. The van der Waals surface area contributed by atoms with E-state index < -0.39 is 17.5 Å². The van der Waals surface area contributed by atoms with E-state index in [1.165, 1.54) is 6.20 Å². The fraction of sp³-hybridized carbons (Fsp3) is 0.182. The van der Waals surface area contributed by atoms with Gasteiger partial charge >= 0.3 is 0 Å². The van der Waals surface area contributed by atoms with Gasteiger partial charge in [0.25, 0.3) is 0 Å². The summed E-state index contributed by atoms with van der Waals surface area (Å²) >= 11 is 0. The highest BCUT2D eigenvalue weighted by Gasteiger charge is 2.12. The number of allylic oxidation sites excluding steroid dienone is 1. The van der Waals surface area contributed by atoms with Crippen LogP contribution in [0.2, 0.25) is 0 Å². The van der Waals surface area contributed by atoms with E-state index in [1.54, 1.807) is 19.0 Å². The lowest BCUT2D eigenvalue weighted by molar-refractivity contribution is -0.103. The molecule has 0 aliphatic rings. The molecular formula is C11H10F3NO. The Morgan fingerprint density at radius 1 is 1.19 bits per heavy atom. The van der Waals surface area contributed by atoms with Gasteiger partial charge in [0.15, 0.2) is 23.7 Å². The van der Waals surface area contributed by atoms with Crippen molar-refractivity contribution in [1.29, 1.82) is 0 Å². The number of carbonyl (C=O) groups excluding carboxylic acids is 1. The lowest BCUT2D eigenvalue weighted by Gasteiger charge is -2.08. The number of hydrogen-bond acceptors (Lipinski definition) is 2. The van der Waals surface area contributed by atoms with E-state index >= 15 is 0 Å². The smallest absolute Gasteiger partial charge is 0.194 e. The Bertz CT molecular complexity index is 418. The van der Waals surface area contributed by atoms with E-state index in [0.29, 0.717) is 6.29 Å². The van der Waals surface area contributed by atoms with Crippen molar-refractivity contribution in [2.45, 2.75) is 0 Å². The summed E-state index contributed by atoms with van der Waals surface area (Å²) in [6.45, 7) is 0. The molecule has 5 heteroatoms. The minimum Gasteiger partial charge on any atom is -0.383 e. The molecule has 0 atom stereocenters. The lowest BCUT2D eigenvalue weighted by Crippen LogP contribution is -2.04. The maximum Gasteiger partial charge on any atom is 0.194 e. The largest absolute Gasteiger partial charge is 0.383 e. The minimum absolute atomic E-state index is 0.0000926. The van der Waals surface area contributed by atoms with Crippen LogP contribution in [0.3, 0.4) is 0 Å². The summed E-state index contributed by atoms with van der Waals surface area (Å²) in [5.74, 6) is -4.18. The molecule has 1 rings (SSSR count). The van der Waals surface area contributed by atoms with Crippen LogP contribution in [0.25, 0.3) is 5.57 Å².